The summed E-state index contributed by atoms with van der Waals surface area (Å²) in [5.74, 6) is -0.658. The Kier molecular flexibility index (Phi) is 4.24. The summed E-state index contributed by atoms with van der Waals surface area (Å²) in [5.41, 5.74) is 1.94. The molecule has 0 aliphatic carbocycles. The van der Waals surface area contributed by atoms with Gasteiger partial charge in [-0.3, -0.25) is 9.97 Å². The lowest BCUT2D eigenvalue weighted by atomic mass is 10.2. The monoisotopic (exact) mass is 268 g/mol. The van der Waals surface area contributed by atoms with Crippen LogP contribution in [0.3, 0.4) is 0 Å². The third kappa shape index (κ3) is 2.90. The van der Waals surface area contributed by atoms with Crippen LogP contribution >= 0.6 is 0 Å². The molecule has 0 aliphatic rings. The van der Waals surface area contributed by atoms with Gasteiger partial charge in [0, 0.05) is 18.6 Å². The minimum atomic E-state index is -0.658. The Morgan fingerprint density at radius 2 is 2.25 bits per heavy atom. The highest BCUT2D eigenvalue weighted by Gasteiger charge is 2.09. The van der Waals surface area contributed by atoms with Gasteiger partial charge in [-0.2, -0.15) is 5.26 Å². The maximum absolute atomic E-state index is 11.5. The standard InChI is InChI=1S/C14H12N4O2/c1-2-20-14(19)10(8-15)9-18-12-5-3-4-11-13(12)17-7-6-16-11/h3-7,9,18H,2H2,1H3/b10-9-. The van der Waals surface area contributed by atoms with E-state index >= 15 is 0 Å². The Labute approximate surface area is 115 Å². The van der Waals surface area contributed by atoms with E-state index in [1.54, 1.807) is 31.5 Å². The van der Waals surface area contributed by atoms with Crippen molar-refractivity contribution >= 4 is 22.7 Å². The first-order valence-corrected chi connectivity index (χ1v) is 6.00. The van der Waals surface area contributed by atoms with Gasteiger partial charge in [0.25, 0.3) is 0 Å². The second-order valence-corrected chi connectivity index (χ2v) is 3.76. The number of nitriles is 1. The molecular weight excluding hydrogens is 256 g/mol. The number of nitrogens with zero attached hydrogens (tertiary/aromatic N) is 3. The van der Waals surface area contributed by atoms with Crippen LogP contribution in [-0.4, -0.2) is 22.5 Å². The molecule has 1 heterocycles. The lowest BCUT2D eigenvalue weighted by molar-refractivity contribution is -0.138. The molecule has 0 amide bonds. The van der Waals surface area contributed by atoms with Crippen LogP contribution in [0.25, 0.3) is 11.0 Å². The number of hydrogen-bond acceptors (Lipinski definition) is 6. The Morgan fingerprint density at radius 3 is 3.00 bits per heavy atom. The molecule has 6 heteroatoms. The summed E-state index contributed by atoms with van der Waals surface area (Å²) in [6.45, 7) is 1.90. The maximum atomic E-state index is 11.5. The quantitative estimate of drug-likeness (QED) is 0.518. The van der Waals surface area contributed by atoms with Crippen LogP contribution in [0.2, 0.25) is 0 Å². The Bertz CT molecular complexity index is 698. The third-order valence-electron chi connectivity index (χ3n) is 2.49. The predicted octanol–water partition coefficient (Wildman–Crippen LogP) is 2.01. The number of para-hydroxylation sites is 1. The molecule has 0 bridgehead atoms. The number of nitrogens with one attached hydrogen (secondary N) is 1. The molecule has 0 saturated heterocycles. The van der Waals surface area contributed by atoms with Gasteiger partial charge < -0.3 is 10.1 Å². The zero-order valence-electron chi connectivity index (χ0n) is 10.8. The summed E-state index contributed by atoms with van der Waals surface area (Å²) in [6.07, 6.45) is 4.48. The summed E-state index contributed by atoms with van der Waals surface area (Å²) < 4.78 is 4.77. The molecule has 0 spiro atoms. The van der Waals surface area contributed by atoms with Crippen LogP contribution < -0.4 is 5.32 Å². The van der Waals surface area contributed by atoms with Crippen LogP contribution in [0.15, 0.2) is 42.4 Å². The Morgan fingerprint density at radius 1 is 1.45 bits per heavy atom. The van der Waals surface area contributed by atoms with E-state index in [0.29, 0.717) is 11.2 Å². The van der Waals surface area contributed by atoms with E-state index in [1.165, 1.54) is 6.20 Å². The van der Waals surface area contributed by atoms with Crippen molar-refractivity contribution in [3.05, 3.63) is 42.4 Å². The maximum Gasteiger partial charge on any atom is 0.350 e. The molecule has 2 aromatic rings. The molecule has 1 aromatic carbocycles. The lowest BCUT2D eigenvalue weighted by Crippen LogP contribution is -2.08. The number of carbonyl (C=O) groups excluding carboxylic acids is 1. The van der Waals surface area contributed by atoms with Gasteiger partial charge in [-0.1, -0.05) is 6.07 Å². The van der Waals surface area contributed by atoms with Crippen molar-refractivity contribution in [3.63, 3.8) is 0 Å². The number of benzene rings is 1. The number of ether oxygens (including phenoxy) is 1. The highest BCUT2D eigenvalue weighted by Crippen LogP contribution is 2.19. The molecule has 6 nitrogen and oxygen atoms in total. The van der Waals surface area contributed by atoms with Gasteiger partial charge in [0.1, 0.15) is 11.6 Å². The van der Waals surface area contributed by atoms with Crippen LogP contribution in [0.4, 0.5) is 5.69 Å². The summed E-state index contributed by atoms with van der Waals surface area (Å²) in [4.78, 5) is 19.9. The average molecular weight is 268 g/mol. The fraction of sp³-hybridized carbons (Fsp3) is 0.143. The molecular formula is C14H12N4O2. The van der Waals surface area contributed by atoms with Gasteiger partial charge in [0.15, 0.2) is 5.57 Å². The molecule has 2 rings (SSSR count). The summed E-state index contributed by atoms with van der Waals surface area (Å²) in [6, 6.07) is 7.21. The van der Waals surface area contributed by atoms with Crippen molar-refractivity contribution in [1.29, 1.82) is 5.26 Å². The van der Waals surface area contributed by atoms with Crippen molar-refractivity contribution in [2.24, 2.45) is 0 Å². The molecule has 0 radical (unpaired) electrons. The Hall–Kier alpha value is -2.94. The average Bonchev–Trinajstić information content (AvgIpc) is 2.48. The van der Waals surface area contributed by atoms with Crippen molar-refractivity contribution in [1.82, 2.24) is 9.97 Å². The Balaban J connectivity index is 2.28. The number of hydrogen-bond donors (Lipinski definition) is 1. The molecule has 0 saturated carbocycles. The molecule has 20 heavy (non-hydrogen) atoms. The number of esters is 1. The smallest absolute Gasteiger partial charge is 0.350 e. The number of anilines is 1. The van der Waals surface area contributed by atoms with E-state index < -0.39 is 5.97 Å². The molecule has 1 N–H and O–H groups in total. The largest absolute Gasteiger partial charge is 0.462 e. The SMILES string of the molecule is CCOC(=O)/C(C#N)=C\Nc1cccc2nccnc12. The first kappa shape index (κ1) is 13.5. The van der Waals surface area contributed by atoms with Gasteiger partial charge in [0.05, 0.1) is 17.8 Å². The summed E-state index contributed by atoms with van der Waals surface area (Å²) in [5, 5.41) is 11.8. The number of carbonyl (C=O) groups is 1. The van der Waals surface area contributed by atoms with Crippen LogP contribution in [-0.2, 0) is 9.53 Å². The van der Waals surface area contributed by atoms with Crippen molar-refractivity contribution in [2.75, 3.05) is 11.9 Å². The van der Waals surface area contributed by atoms with E-state index in [4.69, 9.17) is 10.00 Å². The van der Waals surface area contributed by atoms with E-state index in [9.17, 15) is 4.79 Å². The summed E-state index contributed by atoms with van der Waals surface area (Å²) in [7, 11) is 0. The van der Waals surface area contributed by atoms with E-state index in [0.717, 1.165) is 5.52 Å². The van der Waals surface area contributed by atoms with E-state index in [-0.39, 0.29) is 12.2 Å². The van der Waals surface area contributed by atoms with Gasteiger partial charge >= 0.3 is 5.97 Å². The van der Waals surface area contributed by atoms with Gasteiger partial charge in [-0.15, -0.1) is 0 Å². The minimum absolute atomic E-state index is 0.104. The van der Waals surface area contributed by atoms with E-state index in [1.807, 2.05) is 12.1 Å². The van der Waals surface area contributed by atoms with Crippen molar-refractivity contribution in [2.45, 2.75) is 6.92 Å². The normalized spacial score (nSPS) is 10.9. The topological polar surface area (TPSA) is 87.9 Å². The number of rotatable bonds is 4. The second kappa shape index (κ2) is 6.29. The number of aromatic nitrogens is 2. The van der Waals surface area contributed by atoms with Gasteiger partial charge in [-0.25, -0.2) is 4.79 Å². The predicted molar refractivity (Wildman–Crippen MR) is 73.5 cm³/mol. The molecule has 1 aromatic heterocycles. The fourth-order valence-corrected chi connectivity index (χ4v) is 1.60. The molecule has 0 unspecified atom stereocenters. The molecule has 0 atom stereocenters. The zero-order chi connectivity index (χ0) is 14.4. The first-order chi connectivity index (χ1) is 9.76. The van der Waals surface area contributed by atoms with Crippen LogP contribution in [0, 0.1) is 11.3 Å². The fourth-order valence-electron chi connectivity index (χ4n) is 1.60. The van der Waals surface area contributed by atoms with E-state index in [2.05, 4.69) is 15.3 Å². The van der Waals surface area contributed by atoms with Crippen molar-refractivity contribution < 1.29 is 9.53 Å². The number of fused-ring (bicyclic) bond motifs is 1. The van der Waals surface area contributed by atoms with Gasteiger partial charge in [0.2, 0.25) is 0 Å². The lowest BCUT2D eigenvalue weighted by Gasteiger charge is -2.05. The van der Waals surface area contributed by atoms with Crippen molar-refractivity contribution in [3.8, 4) is 6.07 Å². The summed E-state index contributed by atoms with van der Waals surface area (Å²) >= 11 is 0. The highest BCUT2D eigenvalue weighted by molar-refractivity contribution is 5.94. The van der Waals surface area contributed by atoms with Crippen LogP contribution in [0.1, 0.15) is 6.92 Å². The van der Waals surface area contributed by atoms with Crippen LogP contribution in [0.5, 0.6) is 0 Å². The third-order valence-corrected chi connectivity index (χ3v) is 2.49. The molecule has 100 valence electrons. The van der Waals surface area contributed by atoms with Gasteiger partial charge in [-0.05, 0) is 19.1 Å². The first-order valence-electron chi connectivity index (χ1n) is 6.00. The molecule has 0 aliphatic heterocycles. The highest BCUT2D eigenvalue weighted by atomic mass is 16.5. The minimum Gasteiger partial charge on any atom is -0.462 e. The molecule has 0 fully saturated rings. The zero-order valence-corrected chi connectivity index (χ0v) is 10.8. The second-order valence-electron chi connectivity index (χ2n) is 3.76.